The molecule has 11 heavy (non-hydrogen) atoms. The summed E-state index contributed by atoms with van der Waals surface area (Å²) >= 11 is 0. The second-order valence-corrected chi connectivity index (χ2v) is 4.58. The minimum atomic E-state index is 0.786. The number of hydrogen-bond acceptors (Lipinski definition) is 1. The maximum atomic E-state index is 3.66. The first kappa shape index (κ1) is 7.60. The zero-order valence-electron chi connectivity index (χ0n) is 7.69. The molecule has 64 valence electrons. The van der Waals surface area contributed by atoms with Crippen molar-refractivity contribution in [2.24, 2.45) is 11.3 Å². The van der Waals surface area contributed by atoms with E-state index in [4.69, 9.17) is 0 Å². The zero-order chi connectivity index (χ0) is 7.90. The Bertz CT molecular complexity index is 149. The van der Waals surface area contributed by atoms with Crippen molar-refractivity contribution in [3.05, 3.63) is 0 Å². The second-order valence-electron chi connectivity index (χ2n) is 4.58. The molecule has 1 saturated carbocycles. The predicted octanol–water partition coefficient (Wildman–Crippen LogP) is 2.17. The van der Waals surface area contributed by atoms with Crippen LogP contribution >= 0.6 is 0 Å². The molecule has 2 rings (SSSR count). The van der Waals surface area contributed by atoms with Crippen molar-refractivity contribution in [3.8, 4) is 0 Å². The normalized spacial score (nSPS) is 36.0. The van der Waals surface area contributed by atoms with E-state index in [0.717, 1.165) is 17.4 Å². The summed E-state index contributed by atoms with van der Waals surface area (Å²) in [7, 11) is 0. The summed E-state index contributed by atoms with van der Waals surface area (Å²) in [5.41, 5.74) is 0.786. The van der Waals surface area contributed by atoms with Gasteiger partial charge >= 0.3 is 0 Å². The smallest absolute Gasteiger partial charge is 0.00985 e. The largest absolute Gasteiger partial charge is 0.313 e. The summed E-state index contributed by atoms with van der Waals surface area (Å²) in [4.78, 5) is 0. The molecule has 0 amide bonds. The molecule has 1 nitrogen and oxygen atoms in total. The highest BCUT2D eigenvalue weighted by Crippen LogP contribution is 2.52. The van der Waals surface area contributed by atoms with E-state index < -0.39 is 0 Å². The Hall–Kier alpha value is -0.0400. The summed E-state index contributed by atoms with van der Waals surface area (Å²) in [6.45, 7) is 5.98. The first-order valence-corrected chi connectivity index (χ1v) is 4.99. The van der Waals surface area contributed by atoms with E-state index in [0.29, 0.717) is 0 Å². The van der Waals surface area contributed by atoms with Crippen LogP contribution in [-0.2, 0) is 0 Å². The van der Waals surface area contributed by atoms with Gasteiger partial charge in [-0.15, -0.1) is 0 Å². The van der Waals surface area contributed by atoms with Crippen LogP contribution in [0.1, 0.15) is 39.5 Å². The number of rotatable bonds is 2. The molecule has 0 aromatic rings. The lowest BCUT2D eigenvalue weighted by molar-refractivity contribution is 0.396. The van der Waals surface area contributed by atoms with Crippen LogP contribution in [0.4, 0.5) is 0 Å². The van der Waals surface area contributed by atoms with Crippen molar-refractivity contribution in [2.45, 2.75) is 45.6 Å². The van der Waals surface area contributed by atoms with Gasteiger partial charge in [-0.2, -0.15) is 0 Å². The topological polar surface area (TPSA) is 12.0 Å². The van der Waals surface area contributed by atoms with Crippen LogP contribution in [0.2, 0.25) is 0 Å². The van der Waals surface area contributed by atoms with E-state index in [1.165, 1.54) is 32.2 Å². The first-order chi connectivity index (χ1) is 5.26. The molecule has 1 heterocycles. The van der Waals surface area contributed by atoms with E-state index in [1.807, 2.05) is 0 Å². The molecule has 1 saturated heterocycles. The maximum absolute atomic E-state index is 3.66. The molecular formula is C10H19N. The molecule has 1 heteroatoms. The Balaban J connectivity index is 1.88. The van der Waals surface area contributed by atoms with Gasteiger partial charge in [-0.1, -0.05) is 20.3 Å². The Kier molecular flexibility index (Phi) is 1.71. The Morgan fingerprint density at radius 2 is 2.27 bits per heavy atom. The summed E-state index contributed by atoms with van der Waals surface area (Å²) in [5, 5.41) is 3.66. The molecule has 2 atom stereocenters. The third-order valence-corrected chi connectivity index (χ3v) is 3.68. The Morgan fingerprint density at radius 3 is 2.73 bits per heavy atom. The van der Waals surface area contributed by atoms with Crippen molar-refractivity contribution in [2.75, 3.05) is 6.54 Å². The van der Waals surface area contributed by atoms with Gasteiger partial charge in [0.1, 0.15) is 0 Å². The lowest BCUT2D eigenvalue weighted by Crippen LogP contribution is -2.27. The van der Waals surface area contributed by atoms with E-state index >= 15 is 0 Å². The van der Waals surface area contributed by atoms with Crippen molar-refractivity contribution in [1.29, 1.82) is 0 Å². The summed E-state index contributed by atoms with van der Waals surface area (Å²) in [5.74, 6) is 0.884. The minimum absolute atomic E-state index is 0.786. The van der Waals surface area contributed by atoms with Gasteiger partial charge in [0.25, 0.3) is 0 Å². The quantitative estimate of drug-likeness (QED) is 0.641. The molecule has 1 aliphatic carbocycles. The predicted molar refractivity (Wildman–Crippen MR) is 47.5 cm³/mol. The van der Waals surface area contributed by atoms with Crippen molar-refractivity contribution >= 4 is 0 Å². The standard InChI is InChI=1S/C10H19N/c1-3-8(2)9-6-10(4-5-10)7-11-9/h8-9,11H,3-7H2,1-2H3. The fourth-order valence-electron chi connectivity index (χ4n) is 2.20. The monoisotopic (exact) mass is 153 g/mol. The number of nitrogens with one attached hydrogen (secondary N) is 1. The molecule has 0 bridgehead atoms. The summed E-state index contributed by atoms with van der Waals surface area (Å²) in [6.07, 6.45) is 5.77. The van der Waals surface area contributed by atoms with E-state index in [-0.39, 0.29) is 0 Å². The van der Waals surface area contributed by atoms with Gasteiger partial charge in [0.05, 0.1) is 0 Å². The van der Waals surface area contributed by atoms with Gasteiger partial charge in [0.2, 0.25) is 0 Å². The van der Waals surface area contributed by atoms with Crippen LogP contribution in [-0.4, -0.2) is 12.6 Å². The van der Waals surface area contributed by atoms with Crippen LogP contribution in [0.15, 0.2) is 0 Å². The highest BCUT2D eigenvalue weighted by molar-refractivity contribution is 5.03. The van der Waals surface area contributed by atoms with Gasteiger partial charge in [-0.25, -0.2) is 0 Å². The fraction of sp³-hybridized carbons (Fsp3) is 1.00. The lowest BCUT2D eigenvalue weighted by Gasteiger charge is -2.17. The van der Waals surface area contributed by atoms with Gasteiger partial charge in [0, 0.05) is 12.6 Å². The average Bonchev–Trinajstić information content (AvgIpc) is 2.61. The summed E-state index contributed by atoms with van der Waals surface area (Å²) in [6, 6.07) is 0.836. The third kappa shape index (κ3) is 1.31. The van der Waals surface area contributed by atoms with Gasteiger partial charge in [-0.05, 0) is 30.6 Å². The molecule has 0 radical (unpaired) electrons. The summed E-state index contributed by atoms with van der Waals surface area (Å²) < 4.78 is 0. The van der Waals surface area contributed by atoms with E-state index in [9.17, 15) is 0 Å². The van der Waals surface area contributed by atoms with Crippen LogP contribution in [0.5, 0.6) is 0 Å². The molecule has 1 N–H and O–H groups in total. The molecule has 2 aliphatic rings. The molecule has 1 aliphatic heterocycles. The van der Waals surface area contributed by atoms with Gasteiger partial charge < -0.3 is 5.32 Å². The molecule has 1 spiro atoms. The zero-order valence-corrected chi connectivity index (χ0v) is 7.69. The number of hydrogen-bond donors (Lipinski definition) is 1. The van der Waals surface area contributed by atoms with Gasteiger partial charge in [-0.3, -0.25) is 0 Å². The lowest BCUT2D eigenvalue weighted by atomic mass is 9.93. The van der Waals surface area contributed by atoms with E-state index in [2.05, 4.69) is 19.2 Å². The van der Waals surface area contributed by atoms with Crippen molar-refractivity contribution in [1.82, 2.24) is 5.32 Å². The molecule has 0 aromatic carbocycles. The molecule has 0 aromatic heterocycles. The molecule has 2 unspecified atom stereocenters. The van der Waals surface area contributed by atoms with Crippen LogP contribution in [0, 0.1) is 11.3 Å². The Morgan fingerprint density at radius 1 is 1.55 bits per heavy atom. The first-order valence-electron chi connectivity index (χ1n) is 4.99. The highest BCUT2D eigenvalue weighted by Gasteiger charge is 2.48. The van der Waals surface area contributed by atoms with Crippen LogP contribution in [0.25, 0.3) is 0 Å². The van der Waals surface area contributed by atoms with Crippen LogP contribution in [0.3, 0.4) is 0 Å². The van der Waals surface area contributed by atoms with Crippen molar-refractivity contribution in [3.63, 3.8) is 0 Å². The highest BCUT2D eigenvalue weighted by atomic mass is 15.0. The van der Waals surface area contributed by atoms with Crippen LogP contribution < -0.4 is 5.32 Å². The fourth-order valence-corrected chi connectivity index (χ4v) is 2.20. The third-order valence-electron chi connectivity index (χ3n) is 3.68. The Labute approximate surface area is 69.6 Å². The van der Waals surface area contributed by atoms with Crippen molar-refractivity contribution < 1.29 is 0 Å². The minimum Gasteiger partial charge on any atom is -0.313 e. The van der Waals surface area contributed by atoms with Gasteiger partial charge in [0.15, 0.2) is 0 Å². The second kappa shape index (κ2) is 2.48. The average molecular weight is 153 g/mol. The van der Waals surface area contributed by atoms with E-state index in [1.54, 1.807) is 0 Å². The SMILES string of the molecule is CCC(C)C1CC2(CC2)CN1. The molecular weight excluding hydrogens is 134 g/mol. The maximum Gasteiger partial charge on any atom is 0.00985 e. The molecule has 2 fully saturated rings.